The van der Waals surface area contributed by atoms with E-state index in [1.54, 1.807) is 0 Å². The topological polar surface area (TPSA) is 15.3 Å². The van der Waals surface area contributed by atoms with E-state index in [1.807, 2.05) is 0 Å². The molecule has 0 amide bonds. The minimum absolute atomic E-state index is 0. The van der Waals surface area contributed by atoms with Crippen molar-refractivity contribution in [3.63, 3.8) is 0 Å². The summed E-state index contributed by atoms with van der Waals surface area (Å²) in [5.41, 5.74) is -0.541. The van der Waals surface area contributed by atoms with Crippen molar-refractivity contribution in [3.05, 3.63) is 35.1 Å². The second-order valence-electron chi connectivity index (χ2n) is 6.51. The highest BCUT2D eigenvalue weighted by atomic mass is 35.5. The summed E-state index contributed by atoms with van der Waals surface area (Å²) in [5.74, 6) is -0.827. The number of piperazine rings is 1. The molecule has 1 aliphatic carbocycles. The van der Waals surface area contributed by atoms with Crippen molar-refractivity contribution in [1.29, 1.82) is 0 Å². The number of hydrogen-bond donors (Lipinski definition) is 1. The summed E-state index contributed by atoms with van der Waals surface area (Å²) < 4.78 is 52.7. The van der Waals surface area contributed by atoms with Gasteiger partial charge in [-0.25, -0.2) is 4.39 Å². The van der Waals surface area contributed by atoms with Gasteiger partial charge in [-0.2, -0.15) is 13.2 Å². The minimum Gasteiger partial charge on any atom is -0.314 e. The van der Waals surface area contributed by atoms with E-state index in [4.69, 9.17) is 0 Å². The molecule has 1 aromatic rings. The van der Waals surface area contributed by atoms with Crippen LogP contribution in [-0.4, -0.2) is 31.1 Å². The molecule has 0 radical (unpaired) electrons. The number of halogens is 6. The van der Waals surface area contributed by atoms with Gasteiger partial charge in [0.05, 0.1) is 5.56 Å². The maximum absolute atomic E-state index is 13.6. The number of rotatable bonds is 3. The maximum Gasteiger partial charge on any atom is 0.419 e. The Balaban J connectivity index is 0.00000156. The first-order valence-electron chi connectivity index (χ1n) is 8.28. The second kappa shape index (κ2) is 9.40. The molecule has 144 valence electrons. The average Bonchev–Trinajstić information content (AvgIpc) is 3.03. The van der Waals surface area contributed by atoms with E-state index in [-0.39, 0.29) is 30.9 Å². The third-order valence-electron chi connectivity index (χ3n) is 5.03. The fourth-order valence-corrected chi connectivity index (χ4v) is 3.96. The van der Waals surface area contributed by atoms with Crippen molar-refractivity contribution in [2.24, 2.45) is 5.92 Å². The molecule has 1 aliphatic heterocycles. The van der Waals surface area contributed by atoms with Crippen LogP contribution in [0.5, 0.6) is 0 Å². The predicted molar refractivity (Wildman–Crippen MR) is 95.0 cm³/mol. The quantitative estimate of drug-likeness (QED) is 0.728. The lowest BCUT2D eigenvalue weighted by Crippen LogP contribution is -2.46. The molecule has 1 heterocycles. The first-order valence-corrected chi connectivity index (χ1v) is 8.28. The summed E-state index contributed by atoms with van der Waals surface area (Å²) in [6.07, 6.45) is -0.328. The van der Waals surface area contributed by atoms with E-state index in [9.17, 15) is 17.6 Å². The predicted octanol–water partition coefficient (Wildman–Crippen LogP) is 4.82. The molecular weight excluding hydrogens is 379 g/mol. The monoisotopic (exact) mass is 402 g/mol. The molecule has 1 aromatic carbocycles. The van der Waals surface area contributed by atoms with Crippen LogP contribution in [0.2, 0.25) is 0 Å². The van der Waals surface area contributed by atoms with Gasteiger partial charge in [0.2, 0.25) is 0 Å². The summed E-state index contributed by atoms with van der Waals surface area (Å²) >= 11 is 0. The number of alkyl halides is 3. The Hall–Kier alpha value is -0.560. The Morgan fingerprint density at radius 3 is 2.20 bits per heavy atom. The highest BCUT2D eigenvalue weighted by Gasteiger charge is 2.37. The number of hydrogen-bond acceptors (Lipinski definition) is 2. The molecule has 25 heavy (non-hydrogen) atoms. The molecule has 0 bridgehead atoms. The second-order valence-corrected chi connectivity index (χ2v) is 6.51. The Morgan fingerprint density at radius 2 is 1.64 bits per heavy atom. The summed E-state index contributed by atoms with van der Waals surface area (Å²) in [7, 11) is 0. The standard InChI is InChI=1S/C17H22F4N2.2ClH/c18-15-6-5-13(11-14(15)17(19,20)21)16(12-3-1-2-4-12)23-9-7-22-8-10-23;;/h5-6,11-12,16,22H,1-4,7-10H2;2*1H/t16-;;/m1../s1. The van der Waals surface area contributed by atoms with Crippen LogP contribution >= 0.6 is 24.8 Å². The smallest absolute Gasteiger partial charge is 0.314 e. The van der Waals surface area contributed by atoms with Crippen LogP contribution in [0.1, 0.15) is 42.9 Å². The van der Waals surface area contributed by atoms with E-state index in [0.717, 1.165) is 64.0 Å². The summed E-state index contributed by atoms with van der Waals surface area (Å²) in [4.78, 5) is 2.26. The first kappa shape index (κ1) is 22.5. The number of benzene rings is 1. The van der Waals surface area contributed by atoms with Gasteiger partial charge in [-0.05, 0) is 36.5 Å². The molecule has 1 saturated carbocycles. The summed E-state index contributed by atoms with van der Waals surface area (Å²) in [6.45, 7) is 3.33. The van der Waals surface area contributed by atoms with Crippen LogP contribution in [0.25, 0.3) is 0 Å². The van der Waals surface area contributed by atoms with E-state index in [2.05, 4.69) is 10.2 Å². The van der Waals surface area contributed by atoms with Crippen LogP contribution < -0.4 is 5.32 Å². The third-order valence-corrected chi connectivity index (χ3v) is 5.03. The number of nitrogens with one attached hydrogen (secondary N) is 1. The van der Waals surface area contributed by atoms with Crippen LogP contribution in [0.4, 0.5) is 17.6 Å². The molecule has 8 heteroatoms. The van der Waals surface area contributed by atoms with Crippen molar-refractivity contribution in [1.82, 2.24) is 10.2 Å². The molecule has 2 nitrogen and oxygen atoms in total. The van der Waals surface area contributed by atoms with Gasteiger partial charge in [-0.3, -0.25) is 4.90 Å². The third kappa shape index (κ3) is 5.22. The molecule has 1 saturated heterocycles. The van der Waals surface area contributed by atoms with Gasteiger partial charge < -0.3 is 5.32 Å². The van der Waals surface area contributed by atoms with E-state index in [0.29, 0.717) is 11.5 Å². The SMILES string of the molecule is Cl.Cl.Fc1ccc([C@@H](C2CCCC2)N2CCNCC2)cc1C(F)(F)F. The lowest BCUT2D eigenvalue weighted by molar-refractivity contribution is -0.140. The van der Waals surface area contributed by atoms with Gasteiger partial charge in [0.25, 0.3) is 0 Å². The fourth-order valence-electron chi connectivity index (χ4n) is 3.96. The zero-order valence-corrected chi connectivity index (χ0v) is 15.5. The van der Waals surface area contributed by atoms with Crippen molar-refractivity contribution < 1.29 is 17.6 Å². The van der Waals surface area contributed by atoms with E-state index < -0.39 is 17.6 Å². The fraction of sp³-hybridized carbons (Fsp3) is 0.647. The van der Waals surface area contributed by atoms with E-state index in [1.165, 1.54) is 6.07 Å². The van der Waals surface area contributed by atoms with Gasteiger partial charge in [0.15, 0.2) is 0 Å². The van der Waals surface area contributed by atoms with Crippen LogP contribution in [-0.2, 0) is 6.18 Å². The molecule has 2 fully saturated rings. The molecule has 0 unspecified atom stereocenters. The van der Waals surface area contributed by atoms with Gasteiger partial charge in [-0.15, -0.1) is 24.8 Å². The maximum atomic E-state index is 13.6. The van der Waals surface area contributed by atoms with Gasteiger partial charge in [0.1, 0.15) is 5.82 Å². The molecule has 0 aromatic heterocycles. The Labute approximate surface area is 158 Å². The van der Waals surface area contributed by atoms with Crippen molar-refractivity contribution in [2.75, 3.05) is 26.2 Å². The average molecular weight is 403 g/mol. The highest BCUT2D eigenvalue weighted by molar-refractivity contribution is 5.85. The summed E-state index contributed by atoms with van der Waals surface area (Å²) in [5, 5.41) is 3.27. The largest absolute Gasteiger partial charge is 0.419 e. The normalized spacial score (nSPS) is 20.6. The van der Waals surface area contributed by atoms with Crippen molar-refractivity contribution in [3.8, 4) is 0 Å². The van der Waals surface area contributed by atoms with Gasteiger partial charge >= 0.3 is 6.18 Å². The summed E-state index contributed by atoms with van der Waals surface area (Å²) in [6, 6.07) is 3.50. The van der Waals surface area contributed by atoms with Crippen molar-refractivity contribution >= 4 is 24.8 Å². The molecular formula is C17H24Cl2F4N2. The molecule has 3 rings (SSSR count). The molecule has 0 spiro atoms. The van der Waals surface area contributed by atoms with Crippen LogP contribution in [0, 0.1) is 11.7 Å². The zero-order valence-electron chi connectivity index (χ0n) is 13.8. The lowest BCUT2D eigenvalue weighted by Gasteiger charge is -2.39. The Morgan fingerprint density at radius 1 is 1.04 bits per heavy atom. The molecule has 2 aliphatic rings. The number of nitrogens with zero attached hydrogens (tertiary/aromatic N) is 1. The van der Waals surface area contributed by atoms with Crippen LogP contribution in [0.15, 0.2) is 18.2 Å². The lowest BCUT2D eigenvalue weighted by atomic mass is 9.88. The molecule has 1 atom stereocenters. The van der Waals surface area contributed by atoms with E-state index >= 15 is 0 Å². The zero-order chi connectivity index (χ0) is 16.4. The Kier molecular flexibility index (Phi) is 8.45. The molecule has 1 N–H and O–H groups in total. The highest BCUT2D eigenvalue weighted by Crippen LogP contribution is 2.41. The minimum atomic E-state index is -4.65. The van der Waals surface area contributed by atoms with Gasteiger partial charge in [0, 0.05) is 32.2 Å². The van der Waals surface area contributed by atoms with Gasteiger partial charge in [-0.1, -0.05) is 18.9 Å². The van der Waals surface area contributed by atoms with Crippen molar-refractivity contribution in [2.45, 2.75) is 37.9 Å². The Bertz CT molecular complexity index is 542. The first-order chi connectivity index (χ1) is 11.0. The van der Waals surface area contributed by atoms with Crippen LogP contribution in [0.3, 0.4) is 0 Å².